The maximum Gasteiger partial charge on any atom is 0.223 e. The molecule has 1 saturated heterocycles. The minimum absolute atomic E-state index is 0.118. The number of hydrogen-bond acceptors (Lipinski definition) is 3. The minimum Gasteiger partial charge on any atom is -0.496 e. The first-order chi connectivity index (χ1) is 11.2. The molecule has 23 heavy (non-hydrogen) atoms. The predicted octanol–water partition coefficient (Wildman–Crippen LogP) is 2.65. The van der Waals surface area contributed by atoms with Crippen molar-refractivity contribution in [3.05, 3.63) is 29.8 Å². The van der Waals surface area contributed by atoms with E-state index in [4.69, 9.17) is 4.74 Å². The highest BCUT2D eigenvalue weighted by atomic mass is 16.5. The monoisotopic (exact) mass is 316 g/mol. The van der Waals surface area contributed by atoms with Crippen LogP contribution in [0.1, 0.15) is 37.7 Å². The van der Waals surface area contributed by atoms with E-state index >= 15 is 0 Å². The number of amides is 1. The lowest BCUT2D eigenvalue weighted by Crippen LogP contribution is -2.39. The van der Waals surface area contributed by atoms with Gasteiger partial charge in [0.2, 0.25) is 5.91 Å². The highest BCUT2D eigenvalue weighted by Gasteiger charge is 2.45. The number of ether oxygens (including phenoxy) is 1. The van der Waals surface area contributed by atoms with Crippen LogP contribution in [-0.4, -0.2) is 44.1 Å². The van der Waals surface area contributed by atoms with Gasteiger partial charge in [-0.1, -0.05) is 25.1 Å². The van der Waals surface area contributed by atoms with Gasteiger partial charge in [-0.15, -0.1) is 0 Å². The molecule has 0 unspecified atom stereocenters. The summed E-state index contributed by atoms with van der Waals surface area (Å²) in [6, 6.07) is 8.04. The molecule has 2 fully saturated rings. The summed E-state index contributed by atoms with van der Waals surface area (Å²) in [6.45, 7) is 6.41. The molecule has 126 valence electrons. The van der Waals surface area contributed by atoms with E-state index in [-0.39, 0.29) is 11.8 Å². The maximum atomic E-state index is 12.3. The third-order valence-electron chi connectivity index (χ3n) is 5.27. The van der Waals surface area contributed by atoms with Crippen molar-refractivity contribution >= 4 is 5.91 Å². The molecule has 1 aromatic rings. The Hall–Kier alpha value is -1.55. The van der Waals surface area contributed by atoms with Gasteiger partial charge in [0.05, 0.1) is 7.11 Å². The van der Waals surface area contributed by atoms with Crippen molar-refractivity contribution in [3.8, 4) is 5.75 Å². The Morgan fingerprint density at radius 2 is 2.04 bits per heavy atom. The molecule has 1 saturated carbocycles. The van der Waals surface area contributed by atoms with Gasteiger partial charge < -0.3 is 15.0 Å². The fraction of sp³-hybridized carbons (Fsp3) is 0.632. The van der Waals surface area contributed by atoms with Gasteiger partial charge >= 0.3 is 0 Å². The van der Waals surface area contributed by atoms with Crippen molar-refractivity contribution in [3.63, 3.8) is 0 Å². The van der Waals surface area contributed by atoms with Crippen molar-refractivity contribution in [2.45, 2.75) is 32.1 Å². The Bertz CT molecular complexity index is 538. The largest absolute Gasteiger partial charge is 0.496 e. The normalized spacial score (nSPS) is 25.1. The highest BCUT2D eigenvalue weighted by molar-refractivity contribution is 5.83. The van der Waals surface area contributed by atoms with E-state index in [9.17, 15) is 4.79 Å². The molecule has 0 spiro atoms. The van der Waals surface area contributed by atoms with Crippen molar-refractivity contribution in [1.82, 2.24) is 10.2 Å². The summed E-state index contributed by atoms with van der Waals surface area (Å²) in [5.74, 6) is 2.39. The maximum absolute atomic E-state index is 12.3. The first-order valence-electron chi connectivity index (χ1n) is 8.82. The van der Waals surface area contributed by atoms with Gasteiger partial charge in [0.15, 0.2) is 0 Å². The van der Waals surface area contributed by atoms with Crippen LogP contribution in [0.2, 0.25) is 0 Å². The number of nitrogens with zero attached hydrogens (tertiary/aromatic N) is 1. The van der Waals surface area contributed by atoms with Crippen LogP contribution in [0.4, 0.5) is 0 Å². The summed E-state index contributed by atoms with van der Waals surface area (Å²) in [5, 5.41) is 3.12. The number of hydrogen-bond donors (Lipinski definition) is 1. The van der Waals surface area contributed by atoms with Crippen LogP contribution in [0, 0.1) is 11.8 Å². The molecule has 1 aliphatic heterocycles. The molecule has 0 radical (unpaired) electrons. The Morgan fingerprint density at radius 1 is 1.30 bits per heavy atom. The van der Waals surface area contributed by atoms with Crippen LogP contribution in [0.5, 0.6) is 5.75 Å². The SMILES string of the molecule is COc1ccccc1[C@H]1C[C@@H]1C(=O)NCCN1CCC(C)CC1. The average Bonchev–Trinajstić information content (AvgIpc) is 3.37. The van der Waals surface area contributed by atoms with Gasteiger partial charge in [-0.05, 0) is 55.8 Å². The molecule has 1 heterocycles. The average molecular weight is 316 g/mol. The number of para-hydroxylation sites is 1. The Labute approximate surface area is 139 Å². The number of piperidine rings is 1. The number of likely N-dealkylation sites (tertiary alicyclic amines) is 1. The summed E-state index contributed by atoms with van der Waals surface area (Å²) >= 11 is 0. The third-order valence-corrected chi connectivity index (χ3v) is 5.27. The second-order valence-electron chi connectivity index (χ2n) is 7.01. The summed E-state index contributed by atoms with van der Waals surface area (Å²) in [6.07, 6.45) is 3.51. The van der Waals surface area contributed by atoms with Crippen LogP contribution in [0.15, 0.2) is 24.3 Å². The van der Waals surface area contributed by atoms with Crippen LogP contribution in [-0.2, 0) is 4.79 Å². The smallest absolute Gasteiger partial charge is 0.223 e. The minimum atomic E-state index is 0.118. The molecule has 1 amide bonds. The van der Waals surface area contributed by atoms with Crippen molar-refractivity contribution in [1.29, 1.82) is 0 Å². The predicted molar refractivity (Wildman–Crippen MR) is 91.7 cm³/mol. The lowest BCUT2D eigenvalue weighted by molar-refractivity contribution is -0.122. The quantitative estimate of drug-likeness (QED) is 0.877. The van der Waals surface area contributed by atoms with Crippen molar-refractivity contribution in [2.75, 3.05) is 33.3 Å². The van der Waals surface area contributed by atoms with E-state index in [0.29, 0.717) is 5.92 Å². The molecule has 4 nitrogen and oxygen atoms in total. The number of benzene rings is 1. The molecule has 2 atom stereocenters. The Balaban J connectivity index is 1.42. The van der Waals surface area contributed by atoms with Gasteiger partial charge in [0, 0.05) is 19.0 Å². The number of carbonyl (C=O) groups excluding carboxylic acids is 1. The second-order valence-corrected chi connectivity index (χ2v) is 7.01. The lowest BCUT2D eigenvalue weighted by Gasteiger charge is -2.30. The topological polar surface area (TPSA) is 41.6 Å². The second kappa shape index (κ2) is 7.35. The van der Waals surface area contributed by atoms with E-state index in [1.54, 1.807) is 7.11 Å². The standard InChI is InChI=1S/C19H28N2O2/c1-14-7-10-21(11-8-14)12-9-20-19(22)17-13-16(17)15-5-3-4-6-18(15)23-2/h3-6,14,16-17H,7-13H2,1-2H3,(H,20,22)/t16-,17+/m1/s1. The van der Waals surface area contributed by atoms with Crippen molar-refractivity contribution in [2.24, 2.45) is 11.8 Å². The van der Waals surface area contributed by atoms with E-state index in [1.807, 2.05) is 18.2 Å². The number of nitrogens with one attached hydrogen (secondary N) is 1. The third kappa shape index (κ3) is 4.05. The molecule has 1 N–H and O–H groups in total. The van der Waals surface area contributed by atoms with Crippen molar-refractivity contribution < 1.29 is 9.53 Å². The van der Waals surface area contributed by atoms with E-state index in [1.165, 1.54) is 31.5 Å². The molecule has 4 heteroatoms. The van der Waals surface area contributed by atoms with Crippen LogP contribution in [0.25, 0.3) is 0 Å². The van der Waals surface area contributed by atoms with E-state index in [2.05, 4.69) is 23.2 Å². The zero-order valence-electron chi connectivity index (χ0n) is 14.3. The number of methoxy groups -OCH3 is 1. The zero-order valence-corrected chi connectivity index (χ0v) is 14.3. The number of carbonyl (C=O) groups is 1. The molecule has 0 bridgehead atoms. The molecule has 0 aromatic heterocycles. The van der Waals surface area contributed by atoms with Crippen LogP contribution >= 0.6 is 0 Å². The summed E-state index contributed by atoms with van der Waals surface area (Å²) < 4.78 is 5.41. The zero-order chi connectivity index (χ0) is 16.2. The molecular formula is C19H28N2O2. The summed E-state index contributed by atoms with van der Waals surface area (Å²) in [5.41, 5.74) is 1.17. The van der Waals surface area contributed by atoms with E-state index in [0.717, 1.165) is 31.2 Å². The van der Waals surface area contributed by atoms with Gasteiger partial charge in [0.25, 0.3) is 0 Å². The molecular weight excluding hydrogens is 288 g/mol. The first kappa shape index (κ1) is 16.3. The van der Waals surface area contributed by atoms with Gasteiger partial charge in [-0.2, -0.15) is 0 Å². The van der Waals surface area contributed by atoms with Crippen LogP contribution < -0.4 is 10.1 Å². The molecule has 3 rings (SSSR count). The van der Waals surface area contributed by atoms with Gasteiger partial charge in [-0.25, -0.2) is 0 Å². The van der Waals surface area contributed by atoms with E-state index < -0.39 is 0 Å². The fourth-order valence-electron chi connectivity index (χ4n) is 3.56. The molecule has 1 aromatic carbocycles. The van der Waals surface area contributed by atoms with Crippen LogP contribution in [0.3, 0.4) is 0 Å². The molecule has 2 aliphatic rings. The number of rotatable bonds is 6. The Morgan fingerprint density at radius 3 is 2.78 bits per heavy atom. The van der Waals surface area contributed by atoms with Gasteiger partial charge in [-0.3, -0.25) is 4.79 Å². The Kier molecular flexibility index (Phi) is 5.21. The highest BCUT2D eigenvalue weighted by Crippen LogP contribution is 2.50. The molecule has 1 aliphatic carbocycles. The first-order valence-corrected chi connectivity index (χ1v) is 8.82. The summed E-state index contributed by atoms with van der Waals surface area (Å²) in [7, 11) is 1.69. The fourth-order valence-corrected chi connectivity index (χ4v) is 3.56. The van der Waals surface area contributed by atoms with Gasteiger partial charge in [0.1, 0.15) is 5.75 Å². The summed E-state index contributed by atoms with van der Waals surface area (Å²) in [4.78, 5) is 14.8. The lowest BCUT2D eigenvalue weighted by atomic mass is 9.99.